The predicted molar refractivity (Wildman–Crippen MR) is 128 cm³/mol. The van der Waals surface area contributed by atoms with Crippen molar-refractivity contribution in [3.05, 3.63) is 82.6 Å². The molecule has 0 spiro atoms. The fourth-order valence-electron chi connectivity index (χ4n) is 3.79. The van der Waals surface area contributed by atoms with Crippen molar-refractivity contribution in [3.63, 3.8) is 0 Å². The topological polar surface area (TPSA) is 112 Å². The fourth-order valence-corrected chi connectivity index (χ4v) is 3.79. The number of rotatable bonds is 6. The first-order chi connectivity index (χ1) is 16.4. The van der Waals surface area contributed by atoms with Gasteiger partial charge in [0.1, 0.15) is 23.6 Å². The quantitative estimate of drug-likeness (QED) is 0.429. The molecule has 0 saturated heterocycles. The minimum absolute atomic E-state index is 0.0911. The van der Waals surface area contributed by atoms with Crippen LogP contribution < -0.4 is 11.1 Å². The highest BCUT2D eigenvalue weighted by molar-refractivity contribution is 6.12. The number of nitrogens with two attached hydrogens (primary N) is 1. The Morgan fingerprint density at radius 3 is 2.46 bits per heavy atom. The van der Waals surface area contributed by atoms with E-state index in [-0.39, 0.29) is 23.7 Å². The van der Waals surface area contributed by atoms with Crippen LogP contribution in [0.1, 0.15) is 35.9 Å². The van der Waals surface area contributed by atoms with Gasteiger partial charge in [-0.1, -0.05) is 30.3 Å². The largest absolute Gasteiger partial charge is 0.440 e. The number of likely N-dealkylation sites (N-methyl/N-ethyl adjacent to an activating group) is 1. The molecule has 1 aliphatic heterocycles. The average Bonchev–Trinajstić information content (AvgIpc) is 3.02. The molecule has 0 bridgehead atoms. The van der Waals surface area contributed by atoms with E-state index in [0.29, 0.717) is 12.6 Å². The Kier molecular flexibility index (Phi) is 7.54. The van der Waals surface area contributed by atoms with E-state index in [2.05, 4.69) is 5.32 Å². The van der Waals surface area contributed by atoms with Gasteiger partial charge in [-0.05, 0) is 45.6 Å². The molecule has 2 amide bonds. The molecule has 0 aliphatic carbocycles. The van der Waals surface area contributed by atoms with Gasteiger partial charge in [-0.3, -0.25) is 15.1 Å². The van der Waals surface area contributed by atoms with Crippen LogP contribution in [-0.2, 0) is 4.74 Å². The first-order valence-corrected chi connectivity index (χ1v) is 10.9. The lowest BCUT2D eigenvalue weighted by molar-refractivity contribution is 0.0383. The van der Waals surface area contributed by atoms with E-state index in [1.807, 2.05) is 49.3 Å². The number of amidine groups is 1. The maximum atomic E-state index is 14.0. The molecule has 1 atom stereocenters. The molecule has 4 N–H and O–H groups in total. The van der Waals surface area contributed by atoms with Crippen LogP contribution in [0.5, 0.6) is 0 Å². The van der Waals surface area contributed by atoms with Crippen LogP contribution in [0.3, 0.4) is 0 Å². The Morgan fingerprint density at radius 2 is 1.86 bits per heavy atom. The number of hydrogen-bond donors (Lipinski definition) is 3. The van der Waals surface area contributed by atoms with Gasteiger partial charge in [0.25, 0.3) is 5.91 Å². The van der Waals surface area contributed by atoms with Gasteiger partial charge in [0.2, 0.25) is 0 Å². The number of amides is 2. The number of carbonyl (C=O) groups excluding carboxylic acids is 2. The van der Waals surface area contributed by atoms with Crippen LogP contribution in [0, 0.1) is 17.0 Å². The SMILES string of the molecule is CN(C)CC(OC(=O)N1CC(C(=N)NC(=O)c2ccc(F)cc2F)=C(N)C1(C)C)c1ccccc1. The number of benzene rings is 2. The molecule has 186 valence electrons. The highest BCUT2D eigenvalue weighted by Crippen LogP contribution is 2.33. The molecule has 1 heterocycles. The minimum atomic E-state index is -1.05. The Labute approximate surface area is 202 Å². The zero-order chi connectivity index (χ0) is 25.9. The third-order valence-corrected chi connectivity index (χ3v) is 5.86. The molecule has 2 aromatic carbocycles. The lowest BCUT2D eigenvalue weighted by Crippen LogP contribution is -2.47. The first-order valence-electron chi connectivity index (χ1n) is 10.9. The smallest absolute Gasteiger partial charge is 0.411 e. The highest BCUT2D eigenvalue weighted by atomic mass is 19.1. The zero-order valence-corrected chi connectivity index (χ0v) is 20.1. The number of halogens is 2. The molecule has 10 heteroatoms. The minimum Gasteiger partial charge on any atom is -0.440 e. The van der Waals surface area contributed by atoms with Crippen LogP contribution in [-0.4, -0.2) is 60.4 Å². The molecular formula is C25H29F2N5O3. The second-order valence-corrected chi connectivity index (χ2v) is 9.04. The second-order valence-electron chi connectivity index (χ2n) is 9.04. The summed E-state index contributed by atoms with van der Waals surface area (Å²) in [6.45, 7) is 3.77. The summed E-state index contributed by atoms with van der Waals surface area (Å²) in [5, 5.41) is 10.6. The van der Waals surface area contributed by atoms with Crippen LogP contribution in [0.4, 0.5) is 13.6 Å². The molecule has 1 unspecified atom stereocenters. The monoisotopic (exact) mass is 485 g/mol. The van der Waals surface area contributed by atoms with Crippen molar-refractivity contribution in [2.75, 3.05) is 27.2 Å². The van der Waals surface area contributed by atoms with Gasteiger partial charge in [-0.2, -0.15) is 0 Å². The Morgan fingerprint density at radius 1 is 1.20 bits per heavy atom. The summed E-state index contributed by atoms with van der Waals surface area (Å²) in [6.07, 6.45) is -1.17. The van der Waals surface area contributed by atoms with E-state index in [0.717, 1.165) is 17.7 Å². The molecule has 0 aromatic heterocycles. The molecule has 3 rings (SSSR count). The van der Waals surface area contributed by atoms with E-state index in [4.69, 9.17) is 15.9 Å². The van der Waals surface area contributed by atoms with Crippen LogP contribution in [0.15, 0.2) is 59.8 Å². The first kappa shape index (κ1) is 25.8. The van der Waals surface area contributed by atoms with Gasteiger partial charge in [0, 0.05) is 23.9 Å². The van der Waals surface area contributed by atoms with Crippen molar-refractivity contribution < 1.29 is 23.1 Å². The van der Waals surface area contributed by atoms with Gasteiger partial charge in [-0.15, -0.1) is 0 Å². The summed E-state index contributed by atoms with van der Waals surface area (Å²) in [4.78, 5) is 28.9. The summed E-state index contributed by atoms with van der Waals surface area (Å²) >= 11 is 0. The molecule has 0 saturated carbocycles. The maximum Gasteiger partial charge on any atom is 0.411 e. The van der Waals surface area contributed by atoms with Crippen molar-refractivity contribution in [1.82, 2.24) is 15.1 Å². The van der Waals surface area contributed by atoms with E-state index in [1.165, 1.54) is 4.90 Å². The maximum absolute atomic E-state index is 14.0. The predicted octanol–water partition coefficient (Wildman–Crippen LogP) is 3.42. The summed E-state index contributed by atoms with van der Waals surface area (Å²) in [6, 6.07) is 11.8. The van der Waals surface area contributed by atoms with Crippen molar-refractivity contribution in [2.24, 2.45) is 5.73 Å². The third-order valence-electron chi connectivity index (χ3n) is 5.86. The third kappa shape index (κ3) is 5.65. The number of nitrogens with zero attached hydrogens (tertiary/aromatic N) is 2. The van der Waals surface area contributed by atoms with E-state index in [1.54, 1.807) is 13.8 Å². The summed E-state index contributed by atoms with van der Waals surface area (Å²) in [5.41, 5.74) is 6.08. The summed E-state index contributed by atoms with van der Waals surface area (Å²) in [7, 11) is 3.74. The Hall–Kier alpha value is -3.79. The molecular weight excluding hydrogens is 456 g/mol. The fraction of sp³-hybridized carbons (Fsp3) is 0.320. The molecule has 2 aromatic rings. The van der Waals surface area contributed by atoms with Gasteiger partial charge in [0.05, 0.1) is 17.6 Å². The second kappa shape index (κ2) is 10.2. The van der Waals surface area contributed by atoms with Crippen molar-refractivity contribution in [1.29, 1.82) is 5.41 Å². The Bertz CT molecular complexity index is 1160. The Balaban J connectivity index is 1.76. The molecule has 35 heavy (non-hydrogen) atoms. The number of nitrogens with one attached hydrogen (secondary N) is 2. The van der Waals surface area contributed by atoms with Gasteiger partial charge in [-0.25, -0.2) is 13.6 Å². The molecule has 0 radical (unpaired) electrons. The van der Waals surface area contributed by atoms with Gasteiger partial charge in [0.15, 0.2) is 0 Å². The van der Waals surface area contributed by atoms with Gasteiger partial charge < -0.3 is 20.7 Å². The van der Waals surface area contributed by atoms with Crippen molar-refractivity contribution in [3.8, 4) is 0 Å². The standard InChI is InChI=1S/C25H29F2N5O3/c1-25(2)21(28)18(22(29)30-23(33)17-11-10-16(26)12-19(17)27)13-32(25)24(34)35-20(14-31(3)4)15-8-6-5-7-9-15/h5-12,20H,13-14,28H2,1-4H3,(H2,29,30,33). The van der Waals surface area contributed by atoms with E-state index in [9.17, 15) is 18.4 Å². The normalized spacial score (nSPS) is 15.8. The zero-order valence-electron chi connectivity index (χ0n) is 20.1. The van der Waals surface area contributed by atoms with Crippen LogP contribution in [0.25, 0.3) is 0 Å². The summed E-state index contributed by atoms with van der Waals surface area (Å²) in [5.74, 6) is -3.19. The van der Waals surface area contributed by atoms with Gasteiger partial charge >= 0.3 is 6.09 Å². The van der Waals surface area contributed by atoms with Crippen LogP contribution in [0.2, 0.25) is 0 Å². The molecule has 1 aliphatic rings. The van der Waals surface area contributed by atoms with Crippen LogP contribution >= 0.6 is 0 Å². The molecule has 0 fully saturated rings. The highest BCUT2D eigenvalue weighted by Gasteiger charge is 2.44. The summed E-state index contributed by atoms with van der Waals surface area (Å²) < 4.78 is 33.0. The van der Waals surface area contributed by atoms with Crippen molar-refractivity contribution in [2.45, 2.75) is 25.5 Å². The van der Waals surface area contributed by atoms with E-state index < -0.39 is 40.8 Å². The molecule has 8 nitrogen and oxygen atoms in total. The lowest BCUT2D eigenvalue weighted by atomic mass is 10.0. The average molecular weight is 486 g/mol. The number of hydrogen-bond acceptors (Lipinski definition) is 6. The number of carbonyl (C=O) groups is 2. The number of ether oxygens (including phenoxy) is 1. The van der Waals surface area contributed by atoms with E-state index >= 15 is 0 Å². The lowest BCUT2D eigenvalue weighted by Gasteiger charge is -2.34. The van der Waals surface area contributed by atoms with Crippen molar-refractivity contribution >= 4 is 17.8 Å².